The van der Waals surface area contributed by atoms with Gasteiger partial charge in [-0.05, 0) is 106 Å². The summed E-state index contributed by atoms with van der Waals surface area (Å²) < 4.78 is 7.55. The Balaban J connectivity index is 1.18. The minimum absolute atomic E-state index is 0.0287. The predicted octanol–water partition coefficient (Wildman–Crippen LogP) is 6.30. The van der Waals surface area contributed by atoms with Gasteiger partial charge in [0, 0.05) is 37.1 Å². The lowest BCUT2D eigenvalue weighted by atomic mass is 9.96. The molecule has 0 N–H and O–H groups in total. The first kappa shape index (κ1) is 28.4. The van der Waals surface area contributed by atoms with Crippen molar-refractivity contribution in [3.05, 3.63) is 81.8 Å². The minimum atomic E-state index is -0.0287. The summed E-state index contributed by atoms with van der Waals surface area (Å²) in [5.41, 5.74) is 12.2. The Labute approximate surface area is 249 Å². The van der Waals surface area contributed by atoms with Crippen molar-refractivity contribution in [1.29, 1.82) is 0 Å². The maximum Gasteiger partial charge on any atom is 0.309 e. The number of nitrogens with zero attached hydrogens (tertiary/aromatic N) is 5. The van der Waals surface area contributed by atoms with Crippen LogP contribution in [0.15, 0.2) is 42.5 Å². The average molecular weight is 566 g/mol. The molecule has 42 heavy (non-hydrogen) atoms. The molecule has 2 aliphatic heterocycles. The molecule has 0 radical (unpaired) electrons. The lowest BCUT2D eigenvalue weighted by Crippen LogP contribution is -2.36. The first-order valence-corrected chi connectivity index (χ1v) is 15.5. The summed E-state index contributed by atoms with van der Waals surface area (Å²) in [5, 5.41) is 0. The molecule has 6 rings (SSSR count). The van der Waals surface area contributed by atoms with Gasteiger partial charge < -0.3 is 14.2 Å². The van der Waals surface area contributed by atoms with E-state index in [9.17, 15) is 4.79 Å². The fraction of sp³-hybridized carbons (Fsp3) is 0.457. The number of carbonyl (C=O) groups is 1. The first-order valence-electron chi connectivity index (χ1n) is 15.5. The fourth-order valence-corrected chi connectivity index (χ4v) is 6.84. The van der Waals surface area contributed by atoms with Gasteiger partial charge in [0.2, 0.25) is 0 Å². The zero-order valence-electron chi connectivity index (χ0n) is 25.7. The number of hydrogen-bond acceptors (Lipinski definition) is 6. The van der Waals surface area contributed by atoms with E-state index in [1.54, 1.807) is 0 Å². The Bertz CT molecular complexity index is 1620. The normalized spacial score (nSPS) is 15.9. The van der Waals surface area contributed by atoms with Crippen LogP contribution in [0.3, 0.4) is 0 Å². The van der Waals surface area contributed by atoms with E-state index in [0.29, 0.717) is 6.61 Å². The van der Waals surface area contributed by atoms with Crippen molar-refractivity contribution in [2.24, 2.45) is 5.92 Å². The van der Waals surface area contributed by atoms with Gasteiger partial charge in [-0.25, -0.2) is 9.97 Å². The van der Waals surface area contributed by atoms with Gasteiger partial charge in [0.25, 0.3) is 0 Å². The lowest BCUT2D eigenvalue weighted by Gasteiger charge is -2.31. The smallest absolute Gasteiger partial charge is 0.309 e. The molecule has 0 unspecified atom stereocenters. The van der Waals surface area contributed by atoms with Crippen LogP contribution in [0.4, 0.5) is 11.4 Å². The van der Waals surface area contributed by atoms with Crippen molar-refractivity contribution < 1.29 is 9.53 Å². The van der Waals surface area contributed by atoms with E-state index in [-0.39, 0.29) is 11.9 Å². The van der Waals surface area contributed by atoms with Gasteiger partial charge in [0.05, 0.1) is 19.1 Å². The molecule has 4 heterocycles. The number of carbonyl (C=O) groups excluding carboxylic acids is 1. The van der Waals surface area contributed by atoms with Crippen molar-refractivity contribution >= 4 is 28.5 Å². The van der Waals surface area contributed by atoms with Crippen molar-refractivity contribution in [2.75, 3.05) is 31.6 Å². The number of imidazole rings is 1. The summed E-state index contributed by atoms with van der Waals surface area (Å²) in [6.45, 7) is 12.3. The topological polar surface area (TPSA) is 63.5 Å². The monoisotopic (exact) mass is 565 g/mol. The summed E-state index contributed by atoms with van der Waals surface area (Å²) in [6, 6.07) is 16.0. The Kier molecular flexibility index (Phi) is 8.04. The van der Waals surface area contributed by atoms with Crippen LogP contribution in [0.25, 0.3) is 11.2 Å². The number of benzene rings is 2. The van der Waals surface area contributed by atoms with Gasteiger partial charge in [0.15, 0.2) is 5.65 Å². The van der Waals surface area contributed by atoms with Crippen molar-refractivity contribution in [1.82, 2.24) is 19.4 Å². The second-order valence-electron chi connectivity index (χ2n) is 12.0. The molecule has 4 aromatic rings. The van der Waals surface area contributed by atoms with Crippen LogP contribution in [0.1, 0.15) is 66.0 Å². The van der Waals surface area contributed by atoms with E-state index in [0.717, 1.165) is 81.0 Å². The molecule has 2 aromatic heterocycles. The molecule has 2 aromatic carbocycles. The van der Waals surface area contributed by atoms with Gasteiger partial charge in [-0.1, -0.05) is 31.2 Å². The number of anilines is 2. The highest BCUT2D eigenvalue weighted by Gasteiger charge is 2.26. The standard InChI is InChI=1S/C35H43N5O2/c1-6-32-37-33-23(3)18-24(4)36-34(33)40(32)22-26-9-13-31-29(20-26)11-10-28-19-25(8-12-30(28)38(31)5)21-39-16-14-27(15-17-39)35(41)42-7-2/h8-9,12-13,18-20,27H,6-7,10-11,14-17,21-22H2,1-5H3. The Morgan fingerprint density at radius 1 is 0.905 bits per heavy atom. The molecular weight excluding hydrogens is 522 g/mol. The number of piperidine rings is 1. The lowest BCUT2D eigenvalue weighted by molar-refractivity contribution is -0.149. The second kappa shape index (κ2) is 11.9. The number of pyridine rings is 1. The number of esters is 1. The molecule has 2 aliphatic rings. The molecule has 0 saturated carbocycles. The summed E-state index contributed by atoms with van der Waals surface area (Å²) >= 11 is 0. The van der Waals surface area contributed by atoms with Crippen molar-refractivity contribution in [2.45, 2.75) is 72.9 Å². The molecule has 220 valence electrons. The van der Waals surface area contributed by atoms with E-state index in [1.165, 1.54) is 39.2 Å². The molecule has 1 fully saturated rings. The number of rotatable bonds is 7. The van der Waals surface area contributed by atoms with E-state index in [2.05, 4.69) is 84.7 Å². The van der Waals surface area contributed by atoms with Crippen LogP contribution in [0, 0.1) is 19.8 Å². The molecule has 0 spiro atoms. The van der Waals surface area contributed by atoms with Gasteiger partial charge in [0.1, 0.15) is 11.3 Å². The molecule has 0 amide bonds. The highest BCUT2D eigenvalue weighted by molar-refractivity contribution is 5.76. The summed E-state index contributed by atoms with van der Waals surface area (Å²) in [4.78, 5) is 26.8. The number of fused-ring (bicyclic) bond motifs is 3. The van der Waals surface area contributed by atoms with Crippen LogP contribution >= 0.6 is 0 Å². The SMILES string of the molecule is CCOC(=O)C1CCN(Cc2ccc3c(c2)CCc2cc(Cn4c(CC)nc5c(C)cc(C)nc54)ccc2N3C)CC1. The van der Waals surface area contributed by atoms with Crippen LogP contribution in [0.5, 0.6) is 0 Å². The molecule has 7 nitrogen and oxygen atoms in total. The maximum atomic E-state index is 12.1. The van der Waals surface area contributed by atoms with Crippen LogP contribution in [0.2, 0.25) is 0 Å². The number of aromatic nitrogens is 3. The predicted molar refractivity (Wildman–Crippen MR) is 168 cm³/mol. The molecule has 1 saturated heterocycles. The van der Waals surface area contributed by atoms with Gasteiger partial charge in [-0.3, -0.25) is 9.69 Å². The van der Waals surface area contributed by atoms with Crippen molar-refractivity contribution in [3.63, 3.8) is 0 Å². The molecule has 0 bridgehead atoms. The highest BCUT2D eigenvalue weighted by Crippen LogP contribution is 2.36. The highest BCUT2D eigenvalue weighted by atomic mass is 16.5. The molecule has 0 atom stereocenters. The van der Waals surface area contributed by atoms with E-state index in [1.807, 2.05) is 6.92 Å². The van der Waals surface area contributed by atoms with Gasteiger partial charge >= 0.3 is 5.97 Å². The number of ether oxygens (including phenoxy) is 1. The third-order valence-electron chi connectivity index (χ3n) is 9.05. The second-order valence-corrected chi connectivity index (χ2v) is 12.0. The quantitative estimate of drug-likeness (QED) is 0.245. The molecule has 7 heteroatoms. The largest absolute Gasteiger partial charge is 0.466 e. The van der Waals surface area contributed by atoms with Crippen LogP contribution in [-0.2, 0) is 41.9 Å². The van der Waals surface area contributed by atoms with Crippen LogP contribution in [-0.4, -0.2) is 52.1 Å². The zero-order chi connectivity index (χ0) is 29.4. The van der Waals surface area contributed by atoms with E-state index in [4.69, 9.17) is 14.7 Å². The van der Waals surface area contributed by atoms with Crippen LogP contribution < -0.4 is 4.90 Å². The fourth-order valence-electron chi connectivity index (χ4n) is 6.84. The third kappa shape index (κ3) is 5.54. The summed E-state index contributed by atoms with van der Waals surface area (Å²) in [6.07, 6.45) is 4.67. The third-order valence-corrected chi connectivity index (χ3v) is 9.05. The zero-order valence-corrected chi connectivity index (χ0v) is 25.7. The maximum absolute atomic E-state index is 12.1. The van der Waals surface area contributed by atoms with E-state index >= 15 is 0 Å². The number of likely N-dealkylation sites (tertiary alicyclic amines) is 1. The first-order chi connectivity index (χ1) is 20.3. The van der Waals surface area contributed by atoms with Gasteiger partial charge in [-0.2, -0.15) is 0 Å². The van der Waals surface area contributed by atoms with E-state index < -0.39 is 0 Å². The number of hydrogen-bond donors (Lipinski definition) is 0. The van der Waals surface area contributed by atoms with Gasteiger partial charge in [-0.15, -0.1) is 0 Å². The molecule has 0 aliphatic carbocycles. The van der Waals surface area contributed by atoms with Crippen molar-refractivity contribution in [3.8, 4) is 0 Å². The number of aryl methyl sites for hydroxylation is 5. The average Bonchev–Trinajstić information content (AvgIpc) is 3.26. The summed E-state index contributed by atoms with van der Waals surface area (Å²) in [5.74, 6) is 1.11. The summed E-state index contributed by atoms with van der Waals surface area (Å²) in [7, 11) is 2.19. The Hall–Kier alpha value is -3.71. The minimum Gasteiger partial charge on any atom is -0.466 e. The Morgan fingerprint density at radius 3 is 2.17 bits per heavy atom. The molecular formula is C35H43N5O2. The Morgan fingerprint density at radius 2 is 1.55 bits per heavy atom.